The minimum absolute atomic E-state index is 0.0257. The predicted molar refractivity (Wildman–Crippen MR) is 197 cm³/mol. The largest absolute Gasteiger partial charge is 0.756 e. The molecule has 358 valence electrons. The summed E-state index contributed by atoms with van der Waals surface area (Å²) in [7, 11) is -20.2. The van der Waals surface area contributed by atoms with Gasteiger partial charge in [-0.1, -0.05) is 9.97 Å². The summed E-state index contributed by atoms with van der Waals surface area (Å²) < 4.78 is 92.7. The van der Waals surface area contributed by atoms with Gasteiger partial charge in [-0.15, -0.1) is 0 Å². The number of hydrogen-bond donors (Lipinski definition) is 12. The van der Waals surface area contributed by atoms with Gasteiger partial charge in [0.25, 0.3) is 38.7 Å². The van der Waals surface area contributed by atoms with Crippen LogP contribution in [0.4, 0.5) is 11.9 Å². The molecule has 4 aromatic heterocycles. The Labute approximate surface area is 354 Å². The van der Waals surface area contributed by atoms with E-state index in [4.69, 9.17) is 30.0 Å². The van der Waals surface area contributed by atoms with E-state index in [1.165, 1.54) is 35.9 Å². The number of aliphatic hydroxyl groups excluding tert-OH is 4. The first-order valence-electron chi connectivity index (χ1n) is 17.8. The Morgan fingerprint density at radius 2 is 1.03 bits per heavy atom. The van der Waals surface area contributed by atoms with Crippen molar-refractivity contribution in [3.05, 3.63) is 33.4 Å². The summed E-state index contributed by atoms with van der Waals surface area (Å²) in [5.74, 6) is -0.629. The standard InChI is InChI=1S/C26H40N10O24P4/c1-33-7-35(19-13(33)21(41)31-25(27)29-19)23-17(39)15(37)11(57-23)5-55-63(49,50)53-3-9(59-61(43,44)45)10(60-62(46,47)48)4-54-64(51,52)56-6-12-16(38)18(40)24(58-12)36-8-34(2)14-20(36)30-26(28)32-22(14)42/h7-12,15-18,23-24,37-40H,3-6H2,1-2H3,(H10-2,27,28,29,30,31,32,41,42,43,44,45,46,47,48,49,50,51,52)/t9?,10?,11-,12-,15-,16-,17-,18-,23-,24-/m1/s1. The lowest BCUT2D eigenvalue weighted by Crippen LogP contribution is -2.46. The summed E-state index contributed by atoms with van der Waals surface area (Å²) in [6.07, 6.45) is -16.3. The molecule has 0 bridgehead atoms. The minimum atomic E-state index is -6.02. The molecule has 2 fully saturated rings. The number of aliphatic hydroxyl groups is 4. The second-order valence-electron chi connectivity index (χ2n) is 14.0. The first-order valence-corrected chi connectivity index (χ1v) is 23.8. The SMILES string of the molecule is Cn1c[n+]([C@@H]2O[C@H](COP(=O)(O)OCC(OP(=O)([O-])O)C(COP(=O)(O)OC[C@H]3O[C@@H]([n+]4cn(C)c5c(=O)[nH]c(N)nc54)[C@H](O)[C@@H]3O)OP(=O)([O-])O)[C@@H](O)[C@H]2O)c2nc(N)[nH]c(=O)c21. The molecule has 64 heavy (non-hydrogen) atoms. The fourth-order valence-electron chi connectivity index (χ4n) is 6.60. The normalized spacial score (nSPS) is 28.8. The van der Waals surface area contributed by atoms with Crippen LogP contribution in [-0.2, 0) is 69.0 Å². The zero-order valence-electron chi connectivity index (χ0n) is 32.5. The summed E-state index contributed by atoms with van der Waals surface area (Å²) in [6.45, 7) is -5.40. The highest BCUT2D eigenvalue weighted by molar-refractivity contribution is 7.47. The van der Waals surface area contributed by atoms with E-state index in [0.29, 0.717) is 0 Å². The molecule has 0 spiro atoms. The van der Waals surface area contributed by atoms with Crippen LogP contribution in [0, 0.1) is 0 Å². The highest BCUT2D eigenvalue weighted by Gasteiger charge is 2.50. The maximum Gasteiger partial charge on any atom is 0.472 e. The number of hydrogen-bond acceptors (Lipinski definition) is 24. The number of phosphoric ester groups is 4. The molecule has 6 rings (SSSR count). The van der Waals surface area contributed by atoms with E-state index in [1.807, 2.05) is 0 Å². The fraction of sp³-hybridized carbons (Fsp3) is 0.615. The second kappa shape index (κ2) is 18.6. The highest BCUT2D eigenvalue weighted by Crippen LogP contribution is 2.48. The molecule has 0 aliphatic carbocycles. The molecule has 2 saturated heterocycles. The van der Waals surface area contributed by atoms with Crippen LogP contribution >= 0.6 is 31.3 Å². The molecule has 0 radical (unpaired) electrons. The smallest absolute Gasteiger partial charge is 0.472 e. The van der Waals surface area contributed by atoms with E-state index >= 15 is 0 Å². The predicted octanol–water partition coefficient (Wildman–Crippen LogP) is -7.53. The van der Waals surface area contributed by atoms with Crippen LogP contribution in [0.1, 0.15) is 12.5 Å². The second-order valence-corrected chi connectivity index (χ2v) is 19.2. The number of nitrogens with one attached hydrogen (secondary N) is 2. The van der Waals surface area contributed by atoms with Crippen molar-refractivity contribution >= 4 is 65.5 Å². The van der Waals surface area contributed by atoms with E-state index < -0.39 is 130 Å². The number of aryl methyl sites for hydroxylation is 2. The van der Waals surface area contributed by atoms with Gasteiger partial charge >= 0.3 is 26.9 Å². The number of H-pyrrole nitrogens is 2. The summed E-state index contributed by atoms with van der Waals surface area (Å²) in [4.78, 5) is 100. The molecule has 0 amide bonds. The van der Waals surface area contributed by atoms with Crippen molar-refractivity contribution in [2.75, 3.05) is 37.9 Å². The van der Waals surface area contributed by atoms with Gasteiger partial charge in [0.1, 0.15) is 48.8 Å². The molecule has 38 heteroatoms. The van der Waals surface area contributed by atoms with Crippen molar-refractivity contribution in [1.29, 1.82) is 0 Å². The highest BCUT2D eigenvalue weighted by atomic mass is 31.2. The van der Waals surface area contributed by atoms with Gasteiger partial charge in [-0.05, 0) is 0 Å². The average Bonchev–Trinajstić information content (AvgIpc) is 3.85. The molecule has 0 saturated carbocycles. The quantitative estimate of drug-likeness (QED) is 0.0307. The molecule has 2 aliphatic rings. The first kappa shape index (κ1) is 49.9. The summed E-state index contributed by atoms with van der Waals surface area (Å²) >= 11 is 0. The van der Waals surface area contributed by atoms with Crippen LogP contribution in [-0.4, -0.2) is 144 Å². The van der Waals surface area contributed by atoms with Gasteiger partial charge in [-0.3, -0.25) is 55.9 Å². The topological polar surface area (TPSA) is 511 Å². The molecule has 0 aromatic carbocycles. The van der Waals surface area contributed by atoms with Crippen LogP contribution in [0.15, 0.2) is 22.2 Å². The van der Waals surface area contributed by atoms with Crippen LogP contribution in [0.25, 0.3) is 22.3 Å². The number of nitrogens with zero attached hydrogens (tertiary/aromatic N) is 6. The Hall–Kier alpha value is -3.50. The number of rotatable bonds is 19. The van der Waals surface area contributed by atoms with Crippen LogP contribution < -0.4 is 41.5 Å². The molecule has 14 N–H and O–H groups in total. The van der Waals surface area contributed by atoms with Crippen molar-refractivity contribution in [2.24, 2.45) is 14.1 Å². The van der Waals surface area contributed by atoms with Crippen molar-refractivity contribution < 1.29 is 114 Å². The number of aromatic nitrogens is 8. The number of nitrogen functional groups attached to an aromatic ring is 2. The van der Waals surface area contributed by atoms with Gasteiger partial charge in [0.05, 0.1) is 40.5 Å². The van der Waals surface area contributed by atoms with E-state index in [9.17, 15) is 77.6 Å². The Kier molecular flexibility index (Phi) is 14.5. The molecule has 2 aliphatic heterocycles. The zero-order chi connectivity index (χ0) is 47.4. The fourth-order valence-corrected chi connectivity index (χ4v) is 9.17. The number of fused-ring (bicyclic) bond motifs is 2. The van der Waals surface area contributed by atoms with Gasteiger partial charge < -0.3 is 79.8 Å². The molecular formula is C26H40N10O24P4. The molecule has 6 heterocycles. The zero-order valence-corrected chi connectivity index (χ0v) is 36.1. The van der Waals surface area contributed by atoms with E-state index in [0.717, 1.165) is 9.13 Å². The number of phosphoric acid groups is 4. The summed E-state index contributed by atoms with van der Waals surface area (Å²) in [5, 5.41) is 42.7. The van der Waals surface area contributed by atoms with Crippen molar-refractivity contribution in [3.8, 4) is 0 Å². The number of nitrogens with two attached hydrogens (primary N) is 2. The van der Waals surface area contributed by atoms with Crippen LogP contribution in [0.5, 0.6) is 0 Å². The molecule has 34 nitrogen and oxygen atoms in total. The number of ether oxygens (including phenoxy) is 2. The van der Waals surface area contributed by atoms with Crippen molar-refractivity contribution in [2.45, 2.75) is 61.3 Å². The van der Waals surface area contributed by atoms with Gasteiger partial charge in [0.2, 0.25) is 23.5 Å². The lowest BCUT2D eigenvalue weighted by atomic mass is 10.1. The van der Waals surface area contributed by atoms with Crippen molar-refractivity contribution in [1.82, 2.24) is 29.1 Å². The van der Waals surface area contributed by atoms with E-state index in [1.54, 1.807) is 0 Å². The van der Waals surface area contributed by atoms with Gasteiger partial charge in [0, 0.05) is 0 Å². The number of aromatic amines is 2. The summed E-state index contributed by atoms with van der Waals surface area (Å²) in [6, 6.07) is 0. The molecular weight excluding hydrogens is 960 g/mol. The van der Waals surface area contributed by atoms with Crippen LogP contribution in [0.2, 0.25) is 0 Å². The lowest BCUT2D eigenvalue weighted by molar-refractivity contribution is -0.746. The molecule has 6 unspecified atom stereocenters. The van der Waals surface area contributed by atoms with Gasteiger partial charge in [-0.25, -0.2) is 18.3 Å². The van der Waals surface area contributed by atoms with Crippen molar-refractivity contribution in [3.63, 3.8) is 0 Å². The number of anilines is 2. The van der Waals surface area contributed by atoms with Gasteiger partial charge in [0.15, 0.2) is 12.7 Å². The third-order valence-electron chi connectivity index (χ3n) is 9.36. The first-order chi connectivity index (χ1) is 29.5. The lowest BCUT2D eigenvalue weighted by Gasteiger charge is -2.33. The Morgan fingerprint density at radius 1 is 0.688 bits per heavy atom. The third-order valence-corrected chi connectivity index (χ3v) is 12.3. The van der Waals surface area contributed by atoms with E-state index in [-0.39, 0.29) is 34.2 Å². The Morgan fingerprint density at radius 3 is 1.36 bits per heavy atom. The molecule has 14 atom stereocenters. The number of imidazole rings is 2. The minimum Gasteiger partial charge on any atom is -0.756 e. The summed E-state index contributed by atoms with van der Waals surface area (Å²) in [5.41, 5.74) is 9.66. The van der Waals surface area contributed by atoms with Gasteiger partial charge in [-0.2, -0.15) is 0 Å². The average molecular weight is 1000 g/mol. The third kappa shape index (κ3) is 11.4. The maximum atomic E-state index is 12.9. The van der Waals surface area contributed by atoms with Crippen LogP contribution in [0.3, 0.4) is 0 Å². The monoisotopic (exact) mass is 1000 g/mol. The Balaban J connectivity index is 1.09. The molecule has 4 aromatic rings. The maximum absolute atomic E-state index is 12.9. The van der Waals surface area contributed by atoms with E-state index in [2.05, 4.69) is 38.0 Å². The Bertz CT molecular complexity index is 2500.